The summed E-state index contributed by atoms with van der Waals surface area (Å²) in [4.78, 5) is 23.5. The summed E-state index contributed by atoms with van der Waals surface area (Å²) in [6, 6.07) is 15.5. The van der Waals surface area contributed by atoms with Crippen LogP contribution < -0.4 is 15.4 Å². The van der Waals surface area contributed by atoms with Crippen LogP contribution >= 0.6 is 11.6 Å². The smallest absolute Gasteiger partial charge is 0.252 e. The summed E-state index contributed by atoms with van der Waals surface area (Å²) in [6.07, 6.45) is 0. The molecule has 0 aliphatic carbocycles. The number of para-hydroxylation sites is 1. The van der Waals surface area contributed by atoms with E-state index in [0.717, 1.165) is 5.56 Å². The van der Waals surface area contributed by atoms with Gasteiger partial charge in [0, 0.05) is 42.8 Å². The lowest BCUT2D eigenvalue weighted by molar-refractivity contribution is 0.594. The van der Waals surface area contributed by atoms with Crippen molar-refractivity contribution in [1.29, 1.82) is 0 Å². The van der Waals surface area contributed by atoms with Gasteiger partial charge in [0.1, 0.15) is 5.82 Å². The van der Waals surface area contributed by atoms with Crippen molar-refractivity contribution in [3.8, 4) is 11.3 Å². The first kappa shape index (κ1) is 17.5. The predicted molar refractivity (Wildman–Crippen MR) is 106 cm³/mol. The summed E-state index contributed by atoms with van der Waals surface area (Å²) in [6.45, 7) is 2.58. The number of H-pyrrole nitrogens is 1. The van der Waals surface area contributed by atoms with E-state index in [1.807, 2.05) is 28.0 Å². The van der Waals surface area contributed by atoms with Crippen molar-refractivity contribution in [3.05, 3.63) is 75.8 Å². The van der Waals surface area contributed by atoms with Gasteiger partial charge in [-0.2, -0.15) is 0 Å². The molecule has 0 unspecified atom stereocenters. The van der Waals surface area contributed by atoms with Crippen molar-refractivity contribution in [3.63, 3.8) is 0 Å². The molecule has 1 aromatic heterocycles. The zero-order valence-corrected chi connectivity index (χ0v) is 15.3. The molecule has 0 radical (unpaired) electrons. The summed E-state index contributed by atoms with van der Waals surface area (Å²) in [5, 5.41) is 0.632. The zero-order valence-electron chi connectivity index (χ0n) is 14.5. The topological polar surface area (TPSA) is 52.2 Å². The molecule has 0 spiro atoms. The molecule has 4 rings (SSSR count). The molecule has 5 nitrogen and oxygen atoms in total. The third-order valence-corrected chi connectivity index (χ3v) is 4.89. The van der Waals surface area contributed by atoms with E-state index < -0.39 is 0 Å². The highest BCUT2D eigenvalue weighted by Gasteiger charge is 2.21. The van der Waals surface area contributed by atoms with Gasteiger partial charge in [-0.3, -0.25) is 9.78 Å². The van der Waals surface area contributed by atoms with Gasteiger partial charge in [0.15, 0.2) is 0 Å². The molecular formula is C20H18ClFN4O. The second-order valence-corrected chi connectivity index (χ2v) is 6.82. The van der Waals surface area contributed by atoms with E-state index in [-0.39, 0.29) is 11.4 Å². The molecule has 0 saturated carbocycles. The number of rotatable bonds is 3. The molecule has 2 heterocycles. The summed E-state index contributed by atoms with van der Waals surface area (Å²) in [5.41, 5.74) is 1.83. The van der Waals surface area contributed by atoms with Gasteiger partial charge >= 0.3 is 0 Å². The number of nitrogens with one attached hydrogen (secondary N) is 1. The average Bonchev–Trinajstić information content (AvgIpc) is 2.69. The molecule has 1 saturated heterocycles. The maximum absolute atomic E-state index is 14.0. The summed E-state index contributed by atoms with van der Waals surface area (Å²) in [7, 11) is 0. The first-order valence-electron chi connectivity index (χ1n) is 8.72. The Morgan fingerprint density at radius 1 is 0.963 bits per heavy atom. The van der Waals surface area contributed by atoms with Crippen LogP contribution in [-0.2, 0) is 0 Å². The monoisotopic (exact) mass is 384 g/mol. The number of aromatic amines is 1. The van der Waals surface area contributed by atoms with Crippen LogP contribution in [0.2, 0.25) is 5.02 Å². The Kier molecular flexibility index (Phi) is 4.81. The SMILES string of the molecule is O=c1cc(-c2ccc(Cl)cc2)nc(N2CCN(c3ccccc3F)CC2)[nH]1. The molecule has 0 bridgehead atoms. The second kappa shape index (κ2) is 7.40. The van der Waals surface area contributed by atoms with Gasteiger partial charge in [0.25, 0.3) is 5.56 Å². The third-order valence-electron chi connectivity index (χ3n) is 4.64. The average molecular weight is 385 g/mol. The van der Waals surface area contributed by atoms with Crippen molar-refractivity contribution >= 4 is 23.2 Å². The Morgan fingerprint density at radius 3 is 2.33 bits per heavy atom. The minimum atomic E-state index is -0.220. The number of aromatic nitrogens is 2. The second-order valence-electron chi connectivity index (χ2n) is 6.39. The van der Waals surface area contributed by atoms with Gasteiger partial charge in [-0.05, 0) is 24.3 Å². The van der Waals surface area contributed by atoms with E-state index in [0.29, 0.717) is 48.5 Å². The number of hydrogen-bond acceptors (Lipinski definition) is 4. The molecule has 2 aromatic carbocycles. The molecule has 1 aliphatic rings. The van der Waals surface area contributed by atoms with Crippen LogP contribution in [-0.4, -0.2) is 36.1 Å². The lowest BCUT2D eigenvalue weighted by Crippen LogP contribution is -2.47. The molecule has 27 heavy (non-hydrogen) atoms. The van der Waals surface area contributed by atoms with Crippen molar-refractivity contribution < 1.29 is 4.39 Å². The Morgan fingerprint density at radius 2 is 1.63 bits per heavy atom. The first-order valence-corrected chi connectivity index (χ1v) is 9.10. The predicted octanol–water partition coefficient (Wildman–Crippen LogP) is 3.56. The standard InChI is InChI=1S/C20H18ClFN4O/c21-15-7-5-14(6-8-15)17-13-19(27)24-20(23-17)26-11-9-25(10-12-26)18-4-2-1-3-16(18)22/h1-8,13H,9-12H2,(H,23,24,27). The normalized spacial score (nSPS) is 14.4. The summed E-state index contributed by atoms with van der Waals surface area (Å²) < 4.78 is 14.0. The van der Waals surface area contributed by atoms with Crippen molar-refractivity contribution in [2.24, 2.45) is 0 Å². The first-order chi connectivity index (χ1) is 13.1. The number of nitrogens with zero attached hydrogens (tertiary/aromatic N) is 3. The van der Waals surface area contributed by atoms with E-state index in [1.54, 1.807) is 24.3 Å². The van der Waals surface area contributed by atoms with Gasteiger partial charge in [0.05, 0.1) is 11.4 Å². The van der Waals surface area contributed by atoms with E-state index in [1.165, 1.54) is 12.1 Å². The lowest BCUT2D eigenvalue weighted by Gasteiger charge is -2.36. The number of hydrogen-bond donors (Lipinski definition) is 1. The fraction of sp³-hybridized carbons (Fsp3) is 0.200. The van der Waals surface area contributed by atoms with Gasteiger partial charge in [-0.15, -0.1) is 0 Å². The molecule has 0 amide bonds. The highest BCUT2D eigenvalue weighted by Crippen LogP contribution is 2.23. The van der Waals surface area contributed by atoms with Crippen LogP contribution in [0.3, 0.4) is 0 Å². The molecule has 1 aliphatic heterocycles. The third kappa shape index (κ3) is 3.80. The molecule has 3 aromatic rings. The van der Waals surface area contributed by atoms with E-state index in [2.05, 4.69) is 9.97 Å². The molecule has 138 valence electrons. The molecule has 1 fully saturated rings. The molecule has 7 heteroatoms. The largest absolute Gasteiger partial charge is 0.366 e. The van der Waals surface area contributed by atoms with Gasteiger partial charge in [0.2, 0.25) is 5.95 Å². The summed E-state index contributed by atoms with van der Waals surface area (Å²) in [5.74, 6) is 0.308. The maximum atomic E-state index is 14.0. The lowest BCUT2D eigenvalue weighted by atomic mass is 10.1. The van der Waals surface area contributed by atoms with E-state index in [4.69, 9.17) is 11.6 Å². The van der Waals surface area contributed by atoms with Crippen LogP contribution in [0.5, 0.6) is 0 Å². The van der Waals surface area contributed by atoms with Crippen LogP contribution in [0, 0.1) is 5.82 Å². The van der Waals surface area contributed by atoms with Crippen LogP contribution in [0.25, 0.3) is 11.3 Å². The Labute approximate surface area is 161 Å². The Bertz CT molecular complexity index is 997. The Balaban J connectivity index is 1.54. The minimum Gasteiger partial charge on any atom is -0.366 e. The number of halogens is 2. The highest BCUT2D eigenvalue weighted by atomic mass is 35.5. The van der Waals surface area contributed by atoms with Crippen LogP contribution in [0.4, 0.5) is 16.0 Å². The van der Waals surface area contributed by atoms with E-state index >= 15 is 0 Å². The quantitative estimate of drug-likeness (QED) is 0.750. The molecular weight excluding hydrogens is 367 g/mol. The van der Waals surface area contributed by atoms with Gasteiger partial charge < -0.3 is 9.80 Å². The number of benzene rings is 2. The van der Waals surface area contributed by atoms with Crippen molar-refractivity contribution in [1.82, 2.24) is 9.97 Å². The maximum Gasteiger partial charge on any atom is 0.252 e. The fourth-order valence-corrected chi connectivity index (χ4v) is 3.36. The van der Waals surface area contributed by atoms with Crippen LogP contribution in [0.1, 0.15) is 0 Å². The summed E-state index contributed by atoms with van der Waals surface area (Å²) >= 11 is 5.93. The van der Waals surface area contributed by atoms with E-state index in [9.17, 15) is 9.18 Å². The minimum absolute atomic E-state index is 0.207. The highest BCUT2D eigenvalue weighted by molar-refractivity contribution is 6.30. The zero-order chi connectivity index (χ0) is 18.8. The van der Waals surface area contributed by atoms with Crippen molar-refractivity contribution in [2.45, 2.75) is 0 Å². The van der Waals surface area contributed by atoms with Crippen molar-refractivity contribution in [2.75, 3.05) is 36.0 Å². The molecule has 1 N–H and O–H groups in total. The fourth-order valence-electron chi connectivity index (χ4n) is 3.23. The van der Waals surface area contributed by atoms with Gasteiger partial charge in [-0.1, -0.05) is 35.9 Å². The number of anilines is 2. The Hall–Kier alpha value is -2.86. The molecule has 0 atom stereocenters. The van der Waals surface area contributed by atoms with Gasteiger partial charge in [-0.25, -0.2) is 9.37 Å². The van der Waals surface area contributed by atoms with Crippen LogP contribution in [0.15, 0.2) is 59.4 Å². The number of piperazine rings is 1.